The van der Waals surface area contributed by atoms with E-state index in [4.69, 9.17) is 9.47 Å². The van der Waals surface area contributed by atoms with Crippen molar-refractivity contribution in [2.45, 2.75) is 12.5 Å². The van der Waals surface area contributed by atoms with Gasteiger partial charge in [0.15, 0.2) is 0 Å². The van der Waals surface area contributed by atoms with Gasteiger partial charge in [0.25, 0.3) is 0 Å². The molecule has 0 spiro atoms. The second-order valence-electron chi connectivity index (χ2n) is 7.76. The fourth-order valence-corrected chi connectivity index (χ4v) is 4.04. The lowest BCUT2D eigenvalue weighted by Gasteiger charge is -2.37. The van der Waals surface area contributed by atoms with Crippen LogP contribution in [0, 0.1) is 5.82 Å². The molecule has 31 heavy (non-hydrogen) atoms. The van der Waals surface area contributed by atoms with Crippen molar-refractivity contribution in [1.82, 2.24) is 4.90 Å². The predicted octanol–water partition coefficient (Wildman–Crippen LogP) is 5.17. The maximum Gasteiger partial charge on any atom is 0.142 e. The molecule has 0 saturated carbocycles. The predicted molar refractivity (Wildman–Crippen MR) is 122 cm³/mol. The second kappa shape index (κ2) is 10.3. The summed E-state index contributed by atoms with van der Waals surface area (Å²) in [5.74, 6) is 1.36. The zero-order valence-corrected chi connectivity index (χ0v) is 17.9. The van der Waals surface area contributed by atoms with Gasteiger partial charge in [-0.15, -0.1) is 0 Å². The number of methoxy groups -OCH3 is 1. The lowest BCUT2D eigenvalue weighted by atomic mass is 10.1. The van der Waals surface area contributed by atoms with E-state index in [2.05, 4.69) is 34.1 Å². The maximum atomic E-state index is 13.3. The zero-order valence-electron chi connectivity index (χ0n) is 17.9. The van der Waals surface area contributed by atoms with Gasteiger partial charge < -0.3 is 14.4 Å². The van der Waals surface area contributed by atoms with Crippen molar-refractivity contribution >= 4 is 5.69 Å². The average Bonchev–Trinajstić information content (AvgIpc) is 2.84. The molecule has 5 heteroatoms. The number of piperazine rings is 1. The standard InChI is InChI=1S/C26H29FN2O2/c1-30-26-10-6-5-9-24(26)29-19-17-28(18-20-29)16-15-25(21-7-3-2-4-8-21)31-23-13-11-22(27)12-14-23/h2-14,25H,15-20H2,1H3. The minimum Gasteiger partial charge on any atom is -0.495 e. The third-order valence-corrected chi connectivity index (χ3v) is 5.77. The first-order valence-corrected chi connectivity index (χ1v) is 10.8. The highest BCUT2D eigenvalue weighted by Crippen LogP contribution is 2.29. The first kappa shape index (κ1) is 21.2. The average molecular weight is 421 g/mol. The third kappa shape index (κ3) is 5.56. The zero-order chi connectivity index (χ0) is 21.5. The van der Waals surface area contributed by atoms with E-state index in [1.54, 1.807) is 19.2 Å². The number of hydrogen-bond donors (Lipinski definition) is 0. The third-order valence-electron chi connectivity index (χ3n) is 5.77. The van der Waals surface area contributed by atoms with Gasteiger partial charge in [0.2, 0.25) is 0 Å². The minimum atomic E-state index is -0.253. The molecule has 1 aliphatic heterocycles. The quantitative estimate of drug-likeness (QED) is 0.502. The topological polar surface area (TPSA) is 24.9 Å². The molecule has 3 aromatic carbocycles. The molecule has 1 saturated heterocycles. The lowest BCUT2D eigenvalue weighted by Crippen LogP contribution is -2.47. The molecule has 1 fully saturated rings. The molecular weight excluding hydrogens is 391 g/mol. The van der Waals surface area contributed by atoms with Gasteiger partial charge in [-0.1, -0.05) is 42.5 Å². The van der Waals surface area contributed by atoms with E-state index in [0.29, 0.717) is 5.75 Å². The molecule has 4 rings (SSSR count). The molecule has 1 atom stereocenters. The van der Waals surface area contributed by atoms with E-state index in [9.17, 15) is 4.39 Å². The van der Waals surface area contributed by atoms with Crippen molar-refractivity contribution in [2.75, 3.05) is 44.7 Å². The smallest absolute Gasteiger partial charge is 0.142 e. The van der Waals surface area contributed by atoms with Crippen molar-refractivity contribution in [3.05, 3.63) is 90.2 Å². The summed E-state index contributed by atoms with van der Waals surface area (Å²) in [6, 6.07) is 24.7. The molecular formula is C26H29FN2O2. The van der Waals surface area contributed by atoms with E-state index >= 15 is 0 Å². The van der Waals surface area contributed by atoms with Crippen LogP contribution in [0.15, 0.2) is 78.9 Å². The molecule has 0 aliphatic carbocycles. The van der Waals surface area contributed by atoms with E-state index in [-0.39, 0.29) is 11.9 Å². The van der Waals surface area contributed by atoms with E-state index in [0.717, 1.165) is 56.1 Å². The summed E-state index contributed by atoms with van der Waals surface area (Å²) >= 11 is 0. The van der Waals surface area contributed by atoms with Crippen LogP contribution in [-0.2, 0) is 0 Å². The van der Waals surface area contributed by atoms with Crippen molar-refractivity contribution in [1.29, 1.82) is 0 Å². The van der Waals surface area contributed by atoms with Crippen molar-refractivity contribution in [3.63, 3.8) is 0 Å². The number of benzene rings is 3. The highest BCUT2D eigenvalue weighted by atomic mass is 19.1. The van der Waals surface area contributed by atoms with Gasteiger partial charge in [0, 0.05) is 39.1 Å². The summed E-state index contributed by atoms with van der Waals surface area (Å²) in [6.07, 6.45) is 0.801. The molecule has 4 nitrogen and oxygen atoms in total. The van der Waals surface area contributed by atoms with Gasteiger partial charge in [0.1, 0.15) is 23.4 Å². The van der Waals surface area contributed by atoms with Gasteiger partial charge in [-0.2, -0.15) is 0 Å². The number of halogens is 1. The molecule has 3 aromatic rings. The Bertz CT molecular complexity index is 941. The molecule has 0 N–H and O–H groups in total. The molecule has 162 valence electrons. The van der Waals surface area contributed by atoms with Crippen LogP contribution in [0.1, 0.15) is 18.1 Å². The minimum absolute atomic E-state index is 0.0705. The second-order valence-corrected chi connectivity index (χ2v) is 7.76. The first-order chi connectivity index (χ1) is 15.2. The Balaban J connectivity index is 1.36. The van der Waals surface area contributed by atoms with Crippen LogP contribution in [0.3, 0.4) is 0 Å². The Morgan fingerprint density at radius 3 is 2.23 bits per heavy atom. The first-order valence-electron chi connectivity index (χ1n) is 10.8. The van der Waals surface area contributed by atoms with Crippen molar-refractivity contribution < 1.29 is 13.9 Å². The normalized spacial score (nSPS) is 15.5. The van der Waals surface area contributed by atoms with Crippen molar-refractivity contribution in [2.24, 2.45) is 0 Å². The summed E-state index contributed by atoms with van der Waals surface area (Å²) < 4.78 is 25.0. The van der Waals surface area contributed by atoms with Crippen molar-refractivity contribution in [3.8, 4) is 11.5 Å². The fourth-order valence-electron chi connectivity index (χ4n) is 4.04. The van der Waals surface area contributed by atoms with Crippen LogP contribution in [0.5, 0.6) is 11.5 Å². The number of para-hydroxylation sites is 2. The largest absolute Gasteiger partial charge is 0.495 e. The van der Waals surface area contributed by atoms with Gasteiger partial charge >= 0.3 is 0 Å². The van der Waals surface area contributed by atoms with Crippen LogP contribution in [-0.4, -0.2) is 44.7 Å². The van der Waals surface area contributed by atoms with Crippen LogP contribution < -0.4 is 14.4 Å². The number of hydrogen-bond acceptors (Lipinski definition) is 4. The molecule has 1 aliphatic rings. The summed E-state index contributed by atoms with van der Waals surface area (Å²) in [5, 5.41) is 0. The van der Waals surface area contributed by atoms with Crippen LogP contribution >= 0.6 is 0 Å². The van der Waals surface area contributed by atoms with Crippen LogP contribution in [0.4, 0.5) is 10.1 Å². The number of anilines is 1. The number of nitrogens with zero attached hydrogens (tertiary/aromatic N) is 2. The maximum absolute atomic E-state index is 13.3. The van der Waals surface area contributed by atoms with Gasteiger partial charge in [-0.25, -0.2) is 4.39 Å². The molecule has 0 aromatic heterocycles. The Hall–Kier alpha value is -3.05. The summed E-state index contributed by atoms with van der Waals surface area (Å²) in [6.45, 7) is 4.87. The molecule has 0 radical (unpaired) electrons. The van der Waals surface area contributed by atoms with E-state index in [1.165, 1.54) is 12.1 Å². The van der Waals surface area contributed by atoms with Crippen LogP contribution in [0.25, 0.3) is 0 Å². The van der Waals surface area contributed by atoms with E-state index in [1.807, 2.05) is 30.3 Å². The van der Waals surface area contributed by atoms with Gasteiger partial charge in [-0.05, 0) is 42.0 Å². The fraction of sp³-hybridized carbons (Fsp3) is 0.308. The highest BCUT2D eigenvalue weighted by molar-refractivity contribution is 5.58. The van der Waals surface area contributed by atoms with E-state index < -0.39 is 0 Å². The highest BCUT2D eigenvalue weighted by Gasteiger charge is 2.21. The Morgan fingerprint density at radius 1 is 0.839 bits per heavy atom. The lowest BCUT2D eigenvalue weighted by molar-refractivity contribution is 0.160. The van der Waals surface area contributed by atoms with Crippen LogP contribution in [0.2, 0.25) is 0 Å². The molecule has 0 bridgehead atoms. The van der Waals surface area contributed by atoms with Gasteiger partial charge in [0.05, 0.1) is 12.8 Å². The summed E-state index contributed by atoms with van der Waals surface area (Å²) in [4.78, 5) is 4.87. The molecule has 1 heterocycles. The van der Waals surface area contributed by atoms with Gasteiger partial charge in [-0.3, -0.25) is 4.90 Å². The molecule has 1 unspecified atom stereocenters. The summed E-state index contributed by atoms with van der Waals surface area (Å²) in [7, 11) is 1.72. The molecule has 0 amide bonds. The Morgan fingerprint density at radius 2 is 1.52 bits per heavy atom. The Labute approximate surface area is 183 Å². The SMILES string of the molecule is COc1ccccc1N1CCN(CCC(Oc2ccc(F)cc2)c2ccccc2)CC1. The Kier molecular flexibility index (Phi) is 7.05. The summed E-state index contributed by atoms with van der Waals surface area (Å²) in [5.41, 5.74) is 2.30. The monoisotopic (exact) mass is 420 g/mol. The number of ether oxygens (including phenoxy) is 2. The number of rotatable bonds is 8.